The molecule has 0 atom stereocenters. The number of thiol groups is 1. The highest BCUT2D eigenvalue weighted by Gasteiger charge is 2.07. The van der Waals surface area contributed by atoms with Crippen LogP contribution in [0.2, 0.25) is 0 Å². The second-order valence-corrected chi connectivity index (χ2v) is 4.33. The van der Waals surface area contributed by atoms with Crippen molar-refractivity contribution in [3.63, 3.8) is 0 Å². The molecule has 0 fully saturated rings. The SMILES string of the molecule is Fc1cccc(Br)c1COc1ccn(S)n1. The van der Waals surface area contributed by atoms with E-state index in [0.29, 0.717) is 15.9 Å². The monoisotopic (exact) mass is 302 g/mol. The van der Waals surface area contributed by atoms with E-state index in [-0.39, 0.29) is 12.4 Å². The highest BCUT2D eigenvalue weighted by Crippen LogP contribution is 2.21. The van der Waals surface area contributed by atoms with Crippen LogP contribution in [0.25, 0.3) is 0 Å². The van der Waals surface area contributed by atoms with Crippen molar-refractivity contribution in [2.24, 2.45) is 0 Å². The van der Waals surface area contributed by atoms with Gasteiger partial charge in [-0.15, -0.1) is 5.10 Å². The Morgan fingerprint density at radius 1 is 1.44 bits per heavy atom. The first-order chi connectivity index (χ1) is 7.66. The zero-order chi connectivity index (χ0) is 11.5. The Labute approximate surface area is 106 Å². The van der Waals surface area contributed by atoms with E-state index in [0.717, 1.165) is 0 Å². The summed E-state index contributed by atoms with van der Waals surface area (Å²) in [6.45, 7) is 0.123. The Morgan fingerprint density at radius 2 is 2.25 bits per heavy atom. The van der Waals surface area contributed by atoms with Crippen LogP contribution in [0.1, 0.15) is 5.56 Å². The van der Waals surface area contributed by atoms with E-state index in [2.05, 4.69) is 33.8 Å². The van der Waals surface area contributed by atoms with E-state index >= 15 is 0 Å². The second kappa shape index (κ2) is 4.88. The molecule has 1 aromatic heterocycles. The zero-order valence-corrected chi connectivity index (χ0v) is 10.6. The normalized spacial score (nSPS) is 10.4. The van der Waals surface area contributed by atoms with Crippen LogP contribution < -0.4 is 4.74 Å². The van der Waals surface area contributed by atoms with E-state index in [1.54, 1.807) is 24.4 Å². The topological polar surface area (TPSA) is 27.1 Å². The van der Waals surface area contributed by atoms with Crippen LogP contribution in [-0.2, 0) is 6.61 Å². The van der Waals surface area contributed by atoms with Gasteiger partial charge in [-0.25, -0.2) is 8.48 Å². The minimum absolute atomic E-state index is 0.123. The molecule has 0 saturated carbocycles. The van der Waals surface area contributed by atoms with Crippen molar-refractivity contribution < 1.29 is 9.13 Å². The average molecular weight is 303 g/mol. The fourth-order valence-corrected chi connectivity index (χ4v) is 1.80. The summed E-state index contributed by atoms with van der Waals surface area (Å²) < 4.78 is 20.7. The number of benzene rings is 1. The molecule has 0 spiro atoms. The molecule has 16 heavy (non-hydrogen) atoms. The third kappa shape index (κ3) is 2.56. The molecular weight excluding hydrogens is 295 g/mol. The number of halogens is 2. The van der Waals surface area contributed by atoms with Crippen molar-refractivity contribution in [1.82, 2.24) is 9.19 Å². The van der Waals surface area contributed by atoms with Gasteiger partial charge in [-0.3, -0.25) is 0 Å². The Balaban J connectivity index is 2.10. The maximum absolute atomic E-state index is 13.4. The smallest absolute Gasteiger partial charge is 0.234 e. The number of aromatic nitrogens is 2. The molecular formula is C10H8BrFN2OS. The first-order valence-corrected chi connectivity index (χ1v) is 5.67. The molecule has 0 amide bonds. The van der Waals surface area contributed by atoms with Crippen molar-refractivity contribution in [1.29, 1.82) is 0 Å². The van der Waals surface area contributed by atoms with E-state index in [4.69, 9.17) is 4.74 Å². The second-order valence-electron chi connectivity index (χ2n) is 3.06. The molecule has 0 aliphatic rings. The maximum atomic E-state index is 13.4. The van der Waals surface area contributed by atoms with Crippen molar-refractivity contribution in [2.45, 2.75) is 6.61 Å². The molecule has 0 aliphatic heterocycles. The van der Waals surface area contributed by atoms with Gasteiger partial charge in [0.05, 0.1) is 0 Å². The Kier molecular flexibility index (Phi) is 3.50. The molecule has 0 saturated heterocycles. The van der Waals surface area contributed by atoms with Gasteiger partial charge in [-0.2, -0.15) is 0 Å². The lowest BCUT2D eigenvalue weighted by Crippen LogP contribution is -2.00. The molecule has 2 aromatic rings. The van der Waals surface area contributed by atoms with Crippen LogP contribution in [0, 0.1) is 5.82 Å². The van der Waals surface area contributed by atoms with E-state index < -0.39 is 0 Å². The Hall–Kier alpha value is -1.01. The molecule has 2 rings (SSSR count). The summed E-state index contributed by atoms with van der Waals surface area (Å²) in [5.74, 6) is 0.102. The fourth-order valence-electron chi connectivity index (χ4n) is 1.19. The van der Waals surface area contributed by atoms with Gasteiger partial charge in [0, 0.05) is 22.3 Å². The lowest BCUT2D eigenvalue weighted by atomic mass is 10.2. The Morgan fingerprint density at radius 3 is 2.88 bits per heavy atom. The fraction of sp³-hybridized carbons (Fsp3) is 0.100. The number of rotatable bonds is 3. The van der Waals surface area contributed by atoms with Crippen LogP contribution in [0.5, 0.6) is 5.88 Å². The summed E-state index contributed by atoms with van der Waals surface area (Å²) in [6.07, 6.45) is 1.63. The van der Waals surface area contributed by atoms with Crippen molar-refractivity contribution >= 4 is 28.7 Å². The largest absolute Gasteiger partial charge is 0.472 e. The number of hydrogen-bond acceptors (Lipinski definition) is 3. The standard InChI is InChI=1S/C10H8BrFN2OS/c11-8-2-1-3-9(12)7(8)6-15-10-4-5-14(16)13-10/h1-5,16H,6H2. The molecule has 1 aromatic carbocycles. The minimum Gasteiger partial charge on any atom is -0.472 e. The van der Waals surface area contributed by atoms with Crippen molar-refractivity contribution in [2.75, 3.05) is 0 Å². The lowest BCUT2D eigenvalue weighted by Gasteiger charge is -2.06. The van der Waals surface area contributed by atoms with Crippen molar-refractivity contribution in [3.8, 4) is 5.88 Å². The summed E-state index contributed by atoms with van der Waals surface area (Å²) in [6, 6.07) is 6.44. The van der Waals surface area contributed by atoms with Crippen LogP contribution >= 0.6 is 28.7 Å². The highest BCUT2D eigenvalue weighted by molar-refractivity contribution is 9.10. The quantitative estimate of drug-likeness (QED) is 0.882. The van der Waals surface area contributed by atoms with Gasteiger partial charge in [0.15, 0.2) is 0 Å². The Bertz CT molecular complexity index is 483. The van der Waals surface area contributed by atoms with Gasteiger partial charge < -0.3 is 4.74 Å². The van der Waals surface area contributed by atoms with E-state index in [1.807, 2.05) is 0 Å². The summed E-state index contributed by atoms with van der Waals surface area (Å²) in [4.78, 5) is 0. The molecule has 3 nitrogen and oxygen atoms in total. The predicted molar refractivity (Wildman–Crippen MR) is 65.0 cm³/mol. The molecule has 84 valence electrons. The minimum atomic E-state index is -0.306. The third-order valence-corrected chi connectivity index (χ3v) is 2.94. The van der Waals surface area contributed by atoms with Crippen LogP contribution in [0.3, 0.4) is 0 Å². The predicted octanol–water partition coefficient (Wildman–Crippen LogP) is 3.06. The van der Waals surface area contributed by atoms with Crippen molar-refractivity contribution in [3.05, 3.63) is 46.3 Å². The van der Waals surface area contributed by atoms with E-state index in [1.165, 1.54) is 10.2 Å². The van der Waals surface area contributed by atoms with Crippen LogP contribution in [-0.4, -0.2) is 9.19 Å². The van der Waals surface area contributed by atoms with Crippen LogP contribution in [0.15, 0.2) is 34.9 Å². The van der Waals surface area contributed by atoms with E-state index in [9.17, 15) is 4.39 Å². The molecule has 0 N–H and O–H groups in total. The lowest BCUT2D eigenvalue weighted by molar-refractivity contribution is 0.286. The van der Waals surface area contributed by atoms with Gasteiger partial charge in [-0.05, 0) is 24.9 Å². The van der Waals surface area contributed by atoms with Gasteiger partial charge in [0.1, 0.15) is 12.4 Å². The molecule has 1 heterocycles. The number of ether oxygens (including phenoxy) is 1. The first-order valence-electron chi connectivity index (χ1n) is 4.47. The van der Waals surface area contributed by atoms with Gasteiger partial charge in [-0.1, -0.05) is 22.0 Å². The average Bonchev–Trinajstić information content (AvgIpc) is 2.63. The summed E-state index contributed by atoms with van der Waals surface area (Å²) in [5, 5.41) is 3.91. The molecule has 6 heteroatoms. The maximum Gasteiger partial charge on any atom is 0.234 e. The molecule has 0 bridgehead atoms. The molecule has 0 radical (unpaired) electrons. The first kappa shape index (κ1) is 11.5. The third-order valence-electron chi connectivity index (χ3n) is 1.98. The highest BCUT2D eigenvalue weighted by atomic mass is 79.9. The summed E-state index contributed by atoms with van der Waals surface area (Å²) in [5.41, 5.74) is 0.469. The zero-order valence-electron chi connectivity index (χ0n) is 8.10. The van der Waals surface area contributed by atoms with Gasteiger partial charge in [0.2, 0.25) is 5.88 Å². The number of hydrogen-bond donors (Lipinski definition) is 1. The molecule has 0 unspecified atom stereocenters. The summed E-state index contributed by atoms with van der Waals surface area (Å²) in [7, 11) is 0. The van der Waals surface area contributed by atoms with Gasteiger partial charge in [0.25, 0.3) is 0 Å². The molecule has 0 aliphatic carbocycles. The van der Waals surface area contributed by atoms with Gasteiger partial charge >= 0.3 is 0 Å². The van der Waals surface area contributed by atoms with Crippen LogP contribution in [0.4, 0.5) is 4.39 Å². The summed E-state index contributed by atoms with van der Waals surface area (Å²) >= 11 is 7.23. The number of nitrogens with zero attached hydrogens (tertiary/aromatic N) is 2.